The highest BCUT2D eigenvalue weighted by molar-refractivity contribution is 5.65. The van der Waals surface area contributed by atoms with Crippen molar-refractivity contribution in [2.45, 2.75) is 25.4 Å². The Morgan fingerprint density at radius 3 is 2.33 bits per heavy atom. The molecule has 0 spiro atoms. The van der Waals surface area contributed by atoms with Gasteiger partial charge in [0.2, 0.25) is 0 Å². The minimum atomic E-state index is 0.550. The monoisotopic (exact) mass is 282 g/mol. The second-order valence-electron chi connectivity index (χ2n) is 5.92. The first-order valence-corrected chi connectivity index (χ1v) is 7.80. The number of rotatable bonds is 4. The molecule has 0 unspecified atom stereocenters. The van der Waals surface area contributed by atoms with Gasteiger partial charge < -0.3 is 16.0 Å². The van der Waals surface area contributed by atoms with Crippen molar-refractivity contribution in [2.24, 2.45) is 0 Å². The van der Waals surface area contributed by atoms with E-state index in [4.69, 9.17) is 5.73 Å². The quantitative estimate of drug-likeness (QED) is 0.750. The molecule has 1 saturated heterocycles. The average molecular weight is 282 g/mol. The lowest BCUT2D eigenvalue weighted by molar-refractivity contribution is -0.918. The van der Waals surface area contributed by atoms with Crippen LogP contribution < -0.4 is 16.0 Å². The van der Waals surface area contributed by atoms with Crippen LogP contribution in [0.2, 0.25) is 0 Å². The number of anilines is 2. The molecule has 0 radical (unpaired) electrons. The lowest BCUT2D eigenvalue weighted by Crippen LogP contribution is -3.12. The van der Waals surface area contributed by atoms with Crippen LogP contribution in [-0.4, -0.2) is 19.1 Å². The van der Waals surface area contributed by atoms with Gasteiger partial charge in [0.15, 0.2) is 0 Å². The van der Waals surface area contributed by atoms with Gasteiger partial charge in [0.05, 0.1) is 24.5 Å². The van der Waals surface area contributed by atoms with Crippen LogP contribution in [-0.2, 0) is 6.54 Å². The van der Waals surface area contributed by atoms with Crippen LogP contribution >= 0.6 is 0 Å². The zero-order chi connectivity index (χ0) is 14.5. The molecule has 0 bridgehead atoms. The minimum Gasteiger partial charge on any atom is -0.397 e. The van der Waals surface area contributed by atoms with E-state index < -0.39 is 0 Å². The standard InChI is InChI=1S/C18H23N3/c19-17-8-4-5-9-18(17)20-16-10-12-21(13-11-16)14-15-6-2-1-3-7-15/h1-9,16,20H,10-14,19H2/p+1. The Hall–Kier alpha value is -2.00. The van der Waals surface area contributed by atoms with Crippen molar-refractivity contribution in [3.8, 4) is 0 Å². The summed E-state index contributed by atoms with van der Waals surface area (Å²) in [6, 6.07) is 19.4. The number of hydrogen-bond donors (Lipinski definition) is 3. The molecule has 0 saturated carbocycles. The topological polar surface area (TPSA) is 42.5 Å². The average Bonchev–Trinajstić information content (AvgIpc) is 2.52. The minimum absolute atomic E-state index is 0.550. The molecule has 1 fully saturated rings. The molecular formula is C18H24N3+. The maximum Gasteiger partial charge on any atom is 0.103 e. The van der Waals surface area contributed by atoms with Crippen molar-refractivity contribution >= 4 is 11.4 Å². The highest BCUT2D eigenvalue weighted by atomic mass is 15.1. The Labute approximate surface area is 126 Å². The Morgan fingerprint density at radius 2 is 1.62 bits per heavy atom. The summed E-state index contributed by atoms with van der Waals surface area (Å²) in [5.74, 6) is 0. The van der Waals surface area contributed by atoms with Crippen LogP contribution in [0.5, 0.6) is 0 Å². The molecule has 1 heterocycles. The van der Waals surface area contributed by atoms with Crippen molar-refractivity contribution < 1.29 is 4.90 Å². The summed E-state index contributed by atoms with van der Waals surface area (Å²) < 4.78 is 0. The largest absolute Gasteiger partial charge is 0.397 e. The molecule has 1 aliphatic rings. The Kier molecular flexibility index (Phi) is 4.41. The first kappa shape index (κ1) is 14.0. The molecule has 2 aromatic carbocycles. The third kappa shape index (κ3) is 3.76. The van der Waals surface area contributed by atoms with Crippen LogP contribution in [0, 0.1) is 0 Å². The van der Waals surface area contributed by atoms with Gasteiger partial charge in [0.1, 0.15) is 6.54 Å². The zero-order valence-electron chi connectivity index (χ0n) is 12.4. The first-order valence-electron chi connectivity index (χ1n) is 7.80. The fourth-order valence-electron chi connectivity index (χ4n) is 3.08. The van der Waals surface area contributed by atoms with Crippen molar-refractivity contribution in [2.75, 3.05) is 24.1 Å². The second kappa shape index (κ2) is 6.64. The summed E-state index contributed by atoms with van der Waals surface area (Å²) >= 11 is 0. The van der Waals surface area contributed by atoms with Gasteiger partial charge in [-0.25, -0.2) is 0 Å². The summed E-state index contributed by atoms with van der Waals surface area (Å²) in [5.41, 5.74) is 9.36. The summed E-state index contributed by atoms with van der Waals surface area (Å²) in [6.45, 7) is 3.58. The van der Waals surface area contributed by atoms with Crippen molar-refractivity contribution in [1.82, 2.24) is 0 Å². The number of para-hydroxylation sites is 2. The van der Waals surface area contributed by atoms with Gasteiger partial charge in [-0.05, 0) is 12.1 Å². The van der Waals surface area contributed by atoms with Gasteiger partial charge in [-0.3, -0.25) is 0 Å². The lowest BCUT2D eigenvalue weighted by Gasteiger charge is -2.30. The van der Waals surface area contributed by atoms with Gasteiger partial charge >= 0.3 is 0 Å². The first-order chi connectivity index (χ1) is 10.3. The summed E-state index contributed by atoms with van der Waals surface area (Å²) in [6.07, 6.45) is 2.41. The smallest absolute Gasteiger partial charge is 0.103 e. The molecule has 3 heteroatoms. The number of nitrogen functional groups attached to an aromatic ring is 1. The normalized spacial score (nSPS) is 21.9. The van der Waals surface area contributed by atoms with Gasteiger partial charge in [-0.1, -0.05) is 42.5 Å². The molecule has 110 valence electrons. The molecule has 0 atom stereocenters. The number of piperidine rings is 1. The van der Waals surface area contributed by atoms with Gasteiger partial charge in [0.25, 0.3) is 0 Å². The third-order valence-corrected chi connectivity index (χ3v) is 4.31. The van der Waals surface area contributed by atoms with E-state index in [9.17, 15) is 0 Å². The Morgan fingerprint density at radius 1 is 0.952 bits per heavy atom. The molecule has 0 amide bonds. The molecule has 2 aromatic rings. The maximum absolute atomic E-state index is 6.00. The molecule has 3 rings (SSSR count). The van der Waals surface area contributed by atoms with Crippen LogP contribution in [0.1, 0.15) is 18.4 Å². The highest BCUT2D eigenvalue weighted by Crippen LogP contribution is 2.19. The fraction of sp³-hybridized carbons (Fsp3) is 0.333. The van der Waals surface area contributed by atoms with Crippen molar-refractivity contribution in [1.29, 1.82) is 0 Å². The van der Waals surface area contributed by atoms with Crippen molar-refractivity contribution in [3.05, 3.63) is 60.2 Å². The summed E-state index contributed by atoms with van der Waals surface area (Å²) in [5, 5.41) is 3.60. The number of quaternary nitrogens is 1. The Balaban J connectivity index is 1.50. The van der Waals surface area contributed by atoms with Gasteiger partial charge in [-0.15, -0.1) is 0 Å². The van der Waals surface area contributed by atoms with E-state index in [0.717, 1.165) is 17.9 Å². The van der Waals surface area contributed by atoms with E-state index in [-0.39, 0.29) is 0 Å². The predicted octanol–water partition coefficient (Wildman–Crippen LogP) is 1.93. The highest BCUT2D eigenvalue weighted by Gasteiger charge is 2.22. The van der Waals surface area contributed by atoms with Gasteiger partial charge in [0, 0.05) is 24.4 Å². The third-order valence-electron chi connectivity index (χ3n) is 4.31. The lowest BCUT2D eigenvalue weighted by atomic mass is 10.0. The maximum atomic E-state index is 6.00. The van der Waals surface area contributed by atoms with Crippen LogP contribution in [0.3, 0.4) is 0 Å². The van der Waals surface area contributed by atoms with E-state index >= 15 is 0 Å². The SMILES string of the molecule is Nc1ccccc1NC1CC[NH+](Cc2ccccc2)CC1. The molecular weight excluding hydrogens is 258 g/mol. The zero-order valence-corrected chi connectivity index (χ0v) is 12.4. The van der Waals surface area contributed by atoms with Crippen LogP contribution in [0.25, 0.3) is 0 Å². The molecule has 21 heavy (non-hydrogen) atoms. The number of benzene rings is 2. The predicted molar refractivity (Wildman–Crippen MR) is 88.3 cm³/mol. The number of likely N-dealkylation sites (tertiary alicyclic amines) is 1. The van der Waals surface area contributed by atoms with E-state index in [1.807, 2.05) is 18.2 Å². The van der Waals surface area contributed by atoms with E-state index in [0.29, 0.717) is 6.04 Å². The van der Waals surface area contributed by atoms with Gasteiger partial charge in [-0.2, -0.15) is 0 Å². The molecule has 3 nitrogen and oxygen atoms in total. The van der Waals surface area contributed by atoms with E-state index in [1.165, 1.54) is 31.5 Å². The van der Waals surface area contributed by atoms with E-state index in [2.05, 4.69) is 41.7 Å². The molecule has 0 aliphatic carbocycles. The molecule has 0 aromatic heterocycles. The molecule has 4 N–H and O–H groups in total. The summed E-state index contributed by atoms with van der Waals surface area (Å²) in [7, 11) is 0. The number of nitrogens with one attached hydrogen (secondary N) is 2. The van der Waals surface area contributed by atoms with Crippen LogP contribution in [0.4, 0.5) is 11.4 Å². The van der Waals surface area contributed by atoms with E-state index in [1.54, 1.807) is 4.90 Å². The molecule has 1 aliphatic heterocycles. The van der Waals surface area contributed by atoms with Crippen LogP contribution in [0.15, 0.2) is 54.6 Å². The number of hydrogen-bond acceptors (Lipinski definition) is 2. The Bertz CT molecular complexity index is 560. The van der Waals surface area contributed by atoms with Crippen molar-refractivity contribution in [3.63, 3.8) is 0 Å². The second-order valence-corrected chi connectivity index (χ2v) is 5.92. The number of nitrogens with two attached hydrogens (primary N) is 1. The fourth-order valence-corrected chi connectivity index (χ4v) is 3.08. The summed E-state index contributed by atoms with van der Waals surface area (Å²) in [4.78, 5) is 1.68.